The third kappa shape index (κ3) is 9.48. The molecule has 222 valence electrons. The largest absolute Gasteiger partial charge is 0.446 e. The first-order valence-corrected chi connectivity index (χ1v) is 13.9. The van der Waals surface area contributed by atoms with Gasteiger partial charge in [-0.05, 0) is 88.1 Å². The average molecular weight is 569 g/mol. The summed E-state index contributed by atoms with van der Waals surface area (Å²) in [6, 6.07) is 3.01. The van der Waals surface area contributed by atoms with Crippen LogP contribution in [0.25, 0.3) is 0 Å². The third-order valence-electron chi connectivity index (χ3n) is 7.15. The first-order valence-electron chi connectivity index (χ1n) is 13.9. The lowest BCUT2D eigenvalue weighted by molar-refractivity contribution is -0.125. The predicted octanol–water partition coefficient (Wildman–Crippen LogP) is 6.82. The Morgan fingerprint density at radius 1 is 1.15 bits per heavy atom. The van der Waals surface area contributed by atoms with Gasteiger partial charge >= 0.3 is 12.3 Å². The normalized spacial score (nSPS) is 15.4. The minimum atomic E-state index is -4.24. The Morgan fingerprint density at radius 2 is 1.88 bits per heavy atom. The Labute approximate surface area is 233 Å². The molecule has 0 spiro atoms. The molecule has 1 aromatic heterocycles. The van der Waals surface area contributed by atoms with Crippen molar-refractivity contribution in [1.82, 2.24) is 20.2 Å². The number of hydrogen-bond donors (Lipinski definition) is 0. The zero-order valence-corrected chi connectivity index (χ0v) is 23.8. The SMILES string of the molecule is Cc1cc(C)c(N(CCCC(C)N(CC/C=C/CC(F)(F)F)c2nnn(C)n2)C(=O)OC2CCCCC2)cc1F. The van der Waals surface area contributed by atoms with Gasteiger partial charge in [-0.15, -0.1) is 5.10 Å². The molecule has 0 aliphatic heterocycles. The van der Waals surface area contributed by atoms with E-state index >= 15 is 0 Å². The van der Waals surface area contributed by atoms with Crippen molar-refractivity contribution in [3.05, 3.63) is 41.2 Å². The number of tetrazole rings is 1. The molecule has 8 nitrogen and oxygen atoms in total. The van der Waals surface area contributed by atoms with Crippen molar-refractivity contribution in [3.8, 4) is 0 Å². The molecular formula is C28H40F4N6O2. The molecule has 2 aromatic rings. The highest BCUT2D eigenvalue weighted by atomic mass is 19.4. The van der Waals surface area contributed by atoms with Crippen molar-refractivity contribution in [2.24, 2.45) is 7.05 Å². The average Bonchev–Trinajstić information content (AvgIpc) is 3.32. The van der Waals surface area contributed by atoms with Crippen LogP contribution in [0.3, 0.4) is 0 Å². The van der Waals surface area contributed by atoms with Crippen LogP contribution in [-0.4, -0.2) is 57.7 Å². The summed E-state index contributed by atoms with van der Waals surface area (Å²) in [5.74, 6) is -0.00727. The van der Waals surface area contributed by atoms with E-state index in [1.54, 1.807) is 20.0 Å². The van der Waals surface area contributed by atoms with Crippen LogP contribution in [0.5, 0.6) is 0 Å². The summed E-state index contributed by atoms with van der Waals surface area (Å²) in [4.78, 5) is 18.1. The van der Waals surface area contributed by atoms with Gasteiger partial charge in [-0.2, -0.15) is 18.0 Å². The van der Waals surface area contributed by atoms with Gasteiger partial charge in [-0.3, -0.25) is 4.90 Å². The lowest BCUT2D eigenvalue weighted by Crippen LogP contribution is -2.38. The Bertz CT molecular complexity index is 1130. The van der Waals surface area contributed by atoms with Gasteiger partial charge in [0.15, 0.2) is 0 Å². The second-order valence-electron chi connectivity index (χ2n) is 10.5. The monoisotopic (exact) mass is 568 g/mol. The summed E-state index contributed by atoms with van der Waals surface area (Å²) in [6.45, 7) is 6.21. The van der Waals surface area contributed by atoms with Gasteiger partial charge < -0.3 is 9.64 Å². The first-order chi connectivity index (χ1) is 18.9. The minimum absolute atomic E-state index is 0.104. The molecule has 1 aliphatic rings. The number of hydrogen-bond acceptors (Lipinski definition) is 6. The van der Waals surface area contributed by atoms with Crippen LogP contribution in [0.2, 0.25) is 0 Å². The van der Waals surface area contributed by atoms with Crippen molar-refractivity contribution in [2.45, 2.75) is 96.9 Å². The number of aryl methyl sites for hydroxylation is 3. The van der Waals surface area contributed by atoms with Crippen molar-refractivity contribution in [3.63, 3.8) is 0 Å². The second kappa shape index (κ2) is 14.5. The predicted molar refractivity (Wildman–Crippen MR) is 146 cm³/mol. The van der Waals surface area contributed by atoms with Gasteiger partial charge in [0.1, 0.15) is 11.9 Å². The summed E-state index contributed by atoms with van der Waals surface area (Å²) in [5.41, 5.74) is 1.77. The van der Waals surface area contributed by atoms with E-state index in [0.29, 0.717) is 49.6 Å². The topological polar surface area (TPSA) is 76.4 Å². The number of ether oxygens (including phenoxy) is 1. The van der Waals surface area contributed by atoms with E-state index < -0.39 is 18.7 Å². The molecule has 0 radical (unpaired) electrons. The molecule has 12 heteroatoms. The molecule has 3 rings (SSSR count). The summed E-state index contributed by atoms with van der Waals surface area (Å²) in [6.07, 6.45) is 3.18. The molecule has 0 saturated heterocycles. The number of nitrogens with zero attached hydrogens (tertiary/aromatic N) is 6. The summed E-state index contributed by atoms with van der Waals surface area (Å²) in [5, 5.41) is 12.3. The van der Waals surface area contributed by atoms with E-state index in [1.807, 2.05) is 18.7 Å². The van der Waals surface area contributed by atoms with Crippen LogP contribution in [0.4, 0.5) is 34.0 Å². The maximum Gasteiger partial charge on any atom is 0.414 e. The summed E-state index contributed by atoms with van der Waals surface area (Å²) >= 11 is 0. The number of carbonyl (C=O) groups excluding carboxylic acids is 1. The van der Waals surface area contributed by atoms with Gasteiger partial charge in [-0.1, -0.05) is 29.7 Å². The van der Waals surface area contributed by atoms with E-state index in [9.17, 15) is 22.4 Å². The third-order valence-corrected chi connectivity index (χ3v) is 7.15. The molecule has 1 aliphatic carbocycles. The van der Waals surface area contributed by atoms with Crippen LogP contribution < -0.4 is 9.80 Å². The van der Waals surface area contributed by atoms with Gasteiger partial charge in [-0.25, -0.2) is 9.18 Å². The lowest BCUT2D eigenvalue weighted by atomic mass is 9.98. The van der Waals surface area contributed by atoms with Crippen molar-refractivity contribution in [2.75, 3.05) is 22.9 Å². The zero-order valence-electron chi connectivity index (χ0n) is 23.8. The van der Waals surface area contributed by atoms with E-state index in [2.05, 4.69) is 15.4 Å². The number of halogens is 4. The smallest absolute Gasteiger partial charge is 0.414 e. The number of anilines is 2. The fourth-order valence-electron chi connectivity index (χ4n) is 4.96. The first kappa shape index (κ1) is 31.3. The van der Waals surface area contributed by atoms with Gasteiger partial charge in [0.25, 0.3) is 5.95 Å². The number of amides is 1. The molecular weight excluding hydrogens is 528 g/mol. The number of allylic oxidation sites excluding steroid dienone is 1. The fourth-order valence-corrected chi connectivity index (χ4v) is 4.96. The maximum absolute atomic E-state index is 14.6. The standard InChI is InChI=1S/C28H40F4N6O2/c1-20-18-21(2)25(19-24(20)29)38(27(39)40-23-13-7-5-8-14-23)17-11-12-22(3)37(26-33-35-36(4)34-26)16-10-6-9-15-28(30,31)32/h6,9,18-19,22-23H,5,7-8,10-17H2,1-4H3/b9-6+. The van der Waals surface area contributed by atoms with Crippen molar-refractivity contribution >= 4 is 17.7 Å². The number of aromatic nitrogens is 4. The number of rotatable bonds is 12. The molecule has 1 saturated carbocycles. The Kier molecular flexibility index (Phi) is 11.3. The molecule has 1 heterocycles. The van der Waals surface area contributed by atoms with Crippen LogP contribution in [0, 0.1) is 19.7 Å². The quantitative estimate of drug-likeness (QED) is 0.207. The van der Waals surface area contributed by atoms with E-state index in [0.717, 1.165) is 43.7 Å². The highest BCUT2D eigenvalue weighted by Gasteiger charge is 2.26. The zero-order chi connectivity index (χ0) is 29.3. The highest BCUT2D eigenvalue weighted by Crippen LogP contribution is 2.28. The van der Waals surface area contributed by atoms with Gasteiger partial charge in [0.2, 0.25) is 0 Å². The van der Waals surface area contributed by atoms with Gasteiger partial charge in [0, 0.05) is 19.1 Å². The fraction of sp³-hybridized carbons (Fsp3) is 0.643. The van der Waals surface area contributed by atoms with Crippen LogP contribution in [0.15, 0.2) is 24.3 Å². The maximum atomic E-state index is 14.6. The number of carbonyl (C=O) groups is 1. The minimum Gasteiger partial charge on any atom is -0.446 e. The van der Waals surface area contributed by atoms with E-state index in [4.69, 9.17) is 4.74 Å². The van der Waals surface area contributed by atoms with Crippen molar-refractivity contribution < 1.29 is 27.1 Å². The van der Waals surface area contributed by atoms with Crippen molar-refractivity contribution in [1.29, 1.82) is 0 Å². The van der Waals surface area contributed by atoms with E-state index in [-0.39, 0.29) is 18.0 Å². The summed E-state index contributed by atoms with van der Waals surface area (Å²) < 4.78 is 57.8. The molecule has 1 fully saturated rings. The second-order valence-corrected chi connectivity index (χ2v) is 10.5. The van der Waals surface area contributed by atoms with Crippen LogP contribution in [0.1, 0.15) is 75.8 Å². The molecule has 0 N–H and O–H groups in total. The molecule has 1 aromatic carbocycles. The molecule has 1 unspecified atom stereocenters. The summed E-state index contributed by atoms with van der Waals surface area (Å²) in [7, 11) is 1.64. The Morgan fingerprint density at radius 3 is 2.52 bits per heavy atom. The highest BCUT2D eigenvalue weighted by molar-refractivity contribution is 5.88. The molecule has 0 bridgehead atoms. The van der Waals surface area contributed by atoms with Crippen LogP contribution in [-0.2, 0) is 11.8 Å². The number of alkyl halides is 3. The Hall–Kier alpha value is -3.18. The molecule has 1 atom stereocenters. The molecule has 1 amide bonds. The lowest BCUT2D eigenvalue weighted by Gasteiger charge is -2.30. The van der Waals surface area contributed by atoms with E-state index in [1.165, 1.54) is 21.8 Å². The Balaban J connectivity index is 1.69. The van der Waals surface area contributed by atoms with Gasteiger partial charge in [0.05, 0.1) is 19.2 Å². The van der Waals surface area contributed by atoms with Crippen LogP contribution >= 0.6 is 0 Å². The number of benzene rings is 1. The molecule has 40 heavy (non-hydrogen) atoms.